The smallest absolute Gasteiger partial charge is 0.425 e. The van der Waals surface area contributed by atoms with E-state index >= 15 is 0 Å². The molecule has 0 radical (unpaired) electrons. The van der Waals surface area contributed by atoms with E-state index in [9.17, 15) is 134 Å². The van der Waals surface area contributed by atoms with E-state index in [1.165, 1.54) is 37.3 Å². The van der Waals surface area contributed by atoms with Crippen molar-refractivity contribution in [3.05, 3.63) is 35.4 Å². The number of rotatable bonds is 28. The highest BCUT2D eigenvalue weighted by Gasteiger charge is 2.74. The highest BCUT2D eigenvalue weighted by atomic mass is 19.4. The van der Waals surface area contributed by atoms with E-state index in [-0.39, 0.29) is 89.0 Å². The summed E-state index contributed by atoms with van der Waals surface area (Å²) in [7, 11) is 0. The lowest BCUT2D eigenvalue weighted by atomic mass is 9.72. The number of fused-ring (bicyclic) bond motifs is 2. The molecule has 0 N–H and O–H groups in total. The molecule has 856 valence electrons. The third-order valence-electron chi connectivity index (χ3n) is 30.3. The van der Waals surface area contributed by atoms with Crippen LogP contribution >= 0.6 is 0 Å². The molecule has 3 saturated heterocycles. The van der Waals surface area contributed by atoms with Crippen LogP contribution in [0.5, 0.6) is 0 Å². The molecule has 1 aromatic rings. The first-order valence-electron chi connectivity index (χ1n) is 51.2. The zero-order chi connectivity index (χ0) is 117. The van der Waals surface area contributed by atoms with Crippen molar-refractivity contribution in [3.63, 3.8) is 0 Å². The molecule has 8 aliphatic rings. The van der Waals surface area contributed by atoms with E-state index in [1.807, 2.05) is 62.3 Å². The van der Waals surface area contributed by atoms with Gasteiger partial charge in [0.05, 0.1) is 57.2 Å². The predicted molar refractivity (Wildman–Crippen MR) is 519 cm³/mol. The summed E-state index contributed by atoms with van der Waals surface area (Å²) < 4.78 is 241. The average molecular weight is 2160 g/mol. The third-order valence-corrected chi connectivity index (χ3v) is 30.3. The lowest BCUT2D eigenvalue weighted by Gasteiger charge is -2.37. The van der Waals surface area contributed by atoms with Crippen molar-refractivity contribution in [1.29, 1.82) is 10.5 Å². The van der Waals surface area contributed by atoms with Crippen LogP contribution in [0.2, 0.25) is 0 Å². The molecule has 26 nitrogen and oxygen atoms in total. The summed E-state index contributed by atoms with van der Waals surface area (Å²) in [6.45, 7) is 59.6. The van der Waals surface area contributed by atoms with Crippen molar-refractivity contribution in [2.24, 2.45) is 89.7 Å². The minimum absolute atomic E-state index is 0.0239. The molecular formula is C108H165F15N2O24. The lowest BCUT2D eigenvalue weighted by molar-refractivity contribution is -0.231. The number of hydrogen-bond acceptors (Lipinski definition) is 26. The molecule has 4 bridgehead atoms. The number of carbonyl (C=O) groups is 12. The topological polar surface area (TPSA) is 363 Å². The average Bonchev–Trinajstić information content (AvgIpc) is 1.54. The monoisotopic (exact) mass is 2160 g/mol. The summed E-state index contributed by atoms with van der Waals surface area (Å²) in [4.78, 5) is 140. The standard InChI is InChI=1S/C16H30O2.C15H19NO4.C14H17NO4.C14H22.C12H16F6O4.C10H16O4.3C9H15F3O2/c1-7-16(5,6)14(17)18-13-10-8-12(9-11-13)15(2,3)4;1-4-14(2,3)12(17)19-10-8-5-9-11(10)20-13(18)15(9,6-8)7-16;1-3-7(2)12(16)18-10-8-4-9-11(10)19-13(17)14(9,5-8)6-15;1-6-11(2)12-7-9-13(10-8-12)14(3,4)5;1-5-10(4,8(19)21-6(2)11(13,14)15)9(20)22-7(3)12(16,17)18;1-4-10(2,3)9(12)14-7-5-6-13-8(7)11;3*1-5-8(3,4)7(13)14-6(2)9(10,11)12/h12-13H,7-11H2,1-6H3;8-11H,4-6H2,1-3H3;7-11H,3-5H2,1-2H3;7-11H,6H2,1-5H3;6-7H,5H2,1-4H3;7H,4-6H2,1-3H3;3*6H,5H2,1-4H3. The van der Waals surface area contributed by atoms with E-state index in [0.717, 1.165) is 72.1 Å². The summed E-state index contributed by atoms with van der Waals surface area (Å²) in [5.74, 6) is -6.46. The van der Waals surface area contributed by atoms with Crippen LogP contribution in [0.1, 0.15) is 375 Å². The second-order valence-corrected chi connectivity index (χ2v) is 45.9. The molecule has 18 atom stereocenters. The maximum absolute atomic E-state index is 12.3. The number of cyclic esters (lactones) is 1. The van der Waals surface area contributed by atoms with Crippen molar-refractivity contribution >= 4 is 71.6 Å². The quantitative estimate of drug-likeness (QED) is 0.0325. The van der Waals surface area contributed by atoms with Gasteiger partial charge in [-0.05, 0) is 268 Å². The second-order valence-electron chi connectivity index (χ2n) is 45.9. The lowest BCUT2D eigenvalue weighted by Crippen LogP contribution is -2.45. The fourth-order valence-corrected chi connectivity index (χ4v) is 15.2. The summed E-state index contributed by atoms with van der Waals surface area (Å²) in [6.07, 6.45) is -23.9. The highest BCUT2D eigenvalue weighted by molar-refractivity contribution is 5.99. The number of hydrogen-bond donors (Lipinski definition) is 0. The number of esters is 12. The molecule has 3 aliphatic heterocycles. The van der Waals surface area contributed by atoms with Gasteiger partial charge in [0.15, 0.2) is 46.8 Å². The summed E-state index contributed by atoms with van der Waals surface area (Å²) in [5.41, 5.74) is -4.64. The molecule has 18 unspecified atom stereocenters. The Hall–Kier alpha value is -9.21. The second kappa shape index (κ2) is 54.5. The molecule has 3 heterocycles. The fraction of sp³-hybridized carbons (Fsp3) is 0.815. The van der Waals surface area contributed by atoms with Gasteiger partial charge >= 0.3 is 103 Å². The Labute approximate surface area is 869 Å². The van der Waals surface area contributed by atoms with Crippen LogP contribution in [0.25, 0.3) is 0 Å². The van der Waals surface area contributed by atoms with Gasteiger partial charge in [0.2, 0.25) is 6.10 Å². The van der Waals surface area contributed by atoms with Crippen molar-refractivity contribution in [2.75, 3.05) is 6.61 Å². The largest absolute Gasteiger partial charge is 0.463 e. The molecule has 0 aromatic heterocycles. The Morgan fingerprint density at radius 2 is 0.678 bits per heavy atom. The van der Waals surface area contributed by atoms with Gasteiger partial charge in [0.1, 0.15) is 30.5 Å². The number of carbonyl (C=O) groups excluding carboxylic acids is 12. The fourth-order valence-electron chi connectivity index (χ4n) is 15.2. The molecular weight excluding hydrogens is 1990 g/mol. The minimum atomic E-state index is -4.85. The molecule has 1 aromatic carbocycles. The van der Waals surface area contributed by atoms with Crippen LogP contribution in [0, 0.1) is 112 Å². The number of nitrogens with zero attached hydrogens (tertiary/aromatic N) is 2. The molecule has 5 aliphatic carbocycles. The van der Waals surface area contributed by atoms with Gasteiger partial charge in [0, 0.05) is 30.1 Å². The Morgan fingerprint density at radius 3 is 0.940 bits per heavy atom. The van der Waals surface area contributed by atoms with Gasteiger partial charge in [-0.1, -0.05) is 142 Å². The Balaban J connectivity index is 0.000000843. The number of nitriles is 2. The van der Waals surface area contributed by atoms with Crippen LogP contribution in [0.4, 0.5) is 65.9 Å². The van der Waals surface area contributed by atoms with Gasteiger partial charge in [-0.2, -0.15) is 76.4 Å². The van der Waals surface area contributed by atoms with Crippen molar-refractivity contribution in [1.82, 2.24) is 0 Å². The molecule has 5 saturated carbocycles. The molecule has 8 fully saturated rings. The van der Waals surface area contributed by atoms with E-state index in [2.05, 4.69) is 115 Å². The normalized spacial score (nSPS) is 24.6. The highest BCUT2D eigenvalue weighted by Crippen LogP contribution is 2.64. The van der Waals surface area contributed by atoms with Crippen LogP contribution in [0.15, 0.2) is 24.3 Å². The number of halogens is 15. The third kappa shape index (κ3) is 38.5. The molecule has 41 heteroatoms. The van der Waals surface area contributed by atoms with Gasteiger partial charge in [-0.15, -0.1) is 0 Å². The van der Waals surface area contributed by atoms with Gasteiger partial charge in [0.25, 0.3) is 0 Å². The van der Waals surface area contributed by atoms with Gasteiger partial charge < -0.3 is 56.8 Å². The number of alkyl halides is 15. The van der Waals surface area contributed by atoms with Crippen molar-refractivity contribution < 1.29 is 180 Å². The first-order valence-corrected chi connectivity index (χ1v) is 51.2. The molecule has 9 rings (SSSR count). The maximum atomic E-state index is 12.3. The van der Waals surface area contributed by atoms with Crippen LogP contribution in [0.3, 0.4) is 0 Å². The van der Waals surface area contributed by atoms with Crippen molar-refractivity contribution in [3.8, 4) is 12.1 Å². The SMILES string of the molecule is CCC(C)(C(=O)OC(C)C(F)(F)F)C(=O)OC(C)C(F)(F)F.CCC(C)(C)C(=O)OC(C)C(F)(F)F.CCC(C)(C)C(=O)OC(C)C(F)(F)F.CCC(C)(C)C(=O)OC(C)C(F)(F)F.CCC(C)(C)C(=O)OC1C2CC3C1OC(=O)C3(C#N)C2.CCC(C)(C)C(=O)OC1CCC(C(C)(C)C)CC1.CCC(C)(C)C(=O)OC1CCOC1=O.CCC(C)C(=O)OC1C2CC3C1OC(=O)C3(C#N)C2.CCC(C)c1ccc(C(C)(C)C)cc1. The van der Waals surface area contributed by atoms with E-state index in [4.69, 9.17) is 33.2 Å². The molecule has 0 spiro atoms. The first-order chi connectivity index (χ1) is 67.5. The van der Waals surface area contributed by atoms with E-state index < -0.39 is 171 Å². The van der Waals surface area contributed by atoms with E-state index in [1.54, 1.807) is 76.2 Å². The van der Waals surface area contributed by atoms with Crippen LogP contribution in [-0.4, -0.2) is 176 Å². The summed E-state index contributed by atoms with van der Waals surface area (Å²) in [5, 5.41) is 18.6. The first kappa shape index (κ1) is 138. The number of benzene rings is 1. The minimum Gasteiger partial charge on any atom is -0.463 e. The zero-order valence-electron chi connectivity index (χ0n) is 93.5. The van der Waals surface area contributed by atoms with Crippen LogP contribution < -0.4 is 0 Å². The molecule has 149 heavy (non-hydrogen) atoms. The number of ether oxygens (including phenoxy) is 12. The summed E-state index contributed by atoms with van der Waals surface area (Å²) in [6, 6.07) is 13.4. The van der Waals surface area contributed by atoms with Gasteiger partial charge in [-0.3, -0.25) is 52.7 Å². The Kier molecular flexibility index (Phi) is 50.4. The zero-order valence-corrected chi connectivity index (χ0v) is 93.5. The summed E-state index contributed by atoms with van der Waals surface area (Å²) >= 11 is 0. The Morgan fingerprint density at radius 1 is 0.383 bits per heavy atom. The van der Waals surface area contributed by atoms with Crippen LogP contribution in [-0.2, 0) is 120 Å². The Bertz CT molecular complexity index is 4510. The van der Waals surface area contributed by atoms with E-state index in [0.29, 0.717) is 83.2 Å². The van der Waals surface area contributed by atoms with Crippen molar-refractivity contribution in [2.45, 2.75) is 467 Å². The maximum Gasteiger partial charge on any atom is 0.425 e. The predicted octanol–water partition coefficient (Wildman–Crippen LogP) is 25.7. The van der Waals surface area contributed by atoms with Gasteiger partial charge in [-0.25, -0.2) is 4.79 Å². The molecule has 0 amide bonds.